The Bertz CT molecular complexity index is 751. The molecule has 0 aromatic heterocycles. The Hall–Kier alpha value is -1.16. The molecule has 1 saturated carbocycles. The number of hydrogen-bond donors (Lipinski definition) is 3. The number of nitrogens with two attached hydrogens (primary N) is 3. The van der Waals surface area contributed by atoms with Crippen LogP contribution in [0.3, 0.4) is 0 Å². The maximum atomic E-state index is 11.8. The highest BCUT2D eigenvalue weighted by atomic mass is 32.2. The van der Waals surface area contributed by atoms with Crippen LogP contribution in [0.25, 0.3) is 0 Å². The number of primary sulfonamides is 2. The third kappa shape index (κ3) is 3.54. The molecule has 9 heteroatoms. The van der Waals surface area contributed by atoms with Crippen molar-refractivity contribution in [2.45, 2.75) is 47.8 Å². The van der Waals surface area contributed by atoms with E-state index in [4.69, 9.17) is 16.0 Å². The van der Waals surface area contributed by atoms with Crippen LogP contribution in [0.2, 0.25) is 0 Å². The first-order chi connectivity index (χ1) is 9.60. The summed E-state index contributed by atoms with van der Waals surface area (Å²) >= 11 is 0. The third-order valence-corrected chi connectivity index (χ3v) is 5.73. The number of hydrogen-bond acceptors (Lipinski definition) is 5. The highest BCUT2D eigenvalue weighted by molar-refractivity contribution is 7.90. The highest BCUT2D eigenvalue weighted by Crippen LogP contribution is 2.38. The van der Waals surface area contributed by atoms with E-state index in [1.165, 1.54) is 6.07 Å². The second-order valence-electron chi connectivity index (χ2n) is 5.35. The zero-order valence-electron chi connectivity index (χ0n) is 11.4. The Morgan fingerprint density at radius 2 is 1.38 bits per heavy atom. The molecule has 118 valence electrons. The summed E-state index contributed by atoms with van der Waals surface area (Å²) in [7, 11) is -8.17. The molecule has 1 aromatic rings. The maximum absolute atomic E-state index is 11.8. The molecule has 6 N–H and O–H groups in total. The monoisotopic (exact) mass is 333 g/mol. The summed E-state index contributed by atoms with van der Waals surface area (Å²) in [5.41, 5.74) is 6.17. The molecule has 0 amide bonds. The van der Waals surface area contributed by atoms with Crippen molar-refractivity contribution in [3.05, 3.63) is 17.7 Å². The lowest BCUT2D eigenvalue weighted by Gasteiger charge is -2.24. The molecular formula is C12H19N3O4S2. The normalized spacial score (nSPS) is 17.8. The van der Waals surface area contributed by atoms with Gasteiger partial charge in [0.2, 0.25) is 20.0 Å². The minimum Gasteiger partial charge on any atom is -0.398 e. The minimum absolute atomic E-state index is 0.0175. The van der Waals surface area contributed by atoms with Gasteiger partial charge in [0.05, 0.1) is 10.6 Å². The van der Waals surface area contributed by atoms with Crippen molar-refractivity contribution in [1.29, 1.82) is 0 Å². The van der Waals surface area contributed by atoms with E-state index in [1.54, 1.807) is 0 Å². The lowest BCUT2D eigenvalue weighted by Crippen LogP contribution is -2.21. The van der Waals surface area contributed by atoms with Crippen LogP contribution in [0, 0.1) is 0 Å². The van der Waals surface area contributed by atoms with Crippen LogP contribution in [-0.4, -0.2) is 16.8 Å². The predicted molar refractivity (Wildman–Crippen MR) is 79.4 cm³/mol. The maximum Gasteiger partial charge on any atom is 0.240 e. The highest BCUT2D eigenvalue weighted by Gasteiger charge is 2.26. The molecule has 1 aromatic carbocycles. The molecule has 0 radical (unpaired) electrons. The van der Waals surface area contributed by atoms with Crippen LogP contribution >= 0.6 is 0 Å². The third-order valence-electron chi connectivity index (χ3n) is 3.80. The van der Waals surface area contributed by atoms with E-state index < -0.39 is 24.9 Å². The fraction of sp³-hybridized carbons (Fsp3) is 0.500. The topological polar surface area (TPSA) is 146 Å². The van der Waals surface area contributed by atoms with E-state index in [9.17, 15) is 16.8 Å². The molecule has 0 bridgehead atoms. The van der Waals surface area contributed by atoms with Crippen molar-refractivity contribution in [1.82, 2.24) is 0 Å². The summed E-state index contributed by atoms with van der Waals surface area (Å²) in [4.78, 5) is -0.612. The van der Waals surface area contributed by atoms with Crippen LogP contribution in [-0.2, 0) is 20.0 Å². The van der Waals surface area contributed by atoms with E-state index in [0.717, 1.165) is 38.2 Å². The smallest absolute Gasteiger partial charge is 0.240 e. The van der Waals surface area contributed by atoms with Crippen molar-refractivity contribution in [2.24, 2.45) is 10.3 Å². The second kappa shape index (κ2) is 5.56. The SMILES string of the molecule is Nc1cc(C2CCCCC2)c(S(N)(=O)=O)cc1S(N)(=O)=O. The quantitative estimate of drug-likeness (QED) is 0.693. The Morgan fingerprint density at radius 3 is 1.86 bits per heavy atom. The van der Waals surface area contributed by atoms with Crippen LogP contribution in [0.5, 0.6) is 0 Å². The van der Waals surface area contributed by atoms with Gasteiger partial charge in [-0.3, -0.25) is 0 Å². The minimum atomic E-state index is -4.11. The molecule has 0 unspecified atom stereocenters. The summed E-state index contributed by atoms with van der Waals surface area (Å²) in [5.74, 6) is 0.0175. The van der Waals surface area contributed by atoms with Gasteiger partial charge in [-0.15, -0.1) is 0 Å². The van der Waals surface area contributed by atoms with Crippen molar-refractivity contribution in [3.8, 4) is 0 Å². The summed E-state index contributed by atoms with van der Waals surface area (Å²) in [6.45, 7) is 0. The summed E-state index contributed by atoms with van der Waals surface area (Å²) < 4.78 is 46.5. The Labute approximate surface area is 124 Å². The van der Waals surface area contributed by atoms with Crippen molar-refractivity contribution in [2.75, 3.05) is 5.73 Å². The number of benzene rings is 1. The fourth-order valence-electron chi connectivity index (χ4n) is 2.82. The molecule has 1 fully saturated rings. The molecule has 1 aliphatic carbocycles. The first kappa shape index (κ1) is 16.2. The van der Waals surface area contributed by atoms with E-state index in [-0.39, 0.29) is 16.5 Å². The predicted octanol–water partition coefficient (Wildman–Crippen LogP) is 0.611. The molecule has 7 nitrogen and oxygen atoms in total. The molecule has 0 heterocycles. The number of sulfonamides is 2. The van der Waals surface area contributed by atoms with Crippen LogP contribution < -0.4 is 16.0 Å². The molecule has 0 spiro atoms. The molecule has 21 heavy (non-hydrogen) atoms. The molecule has 2 rings (SSSR count). The van der Waals surface area contributed by atoms with Gasteiger partial charge >= 0.3 is 0 Å². The average Bonchev–Trinajstić information content (AvgIpc) is 2.36. The van der Waals surface area contributed by atoms with Crippen molar-refractivity contribution >= 4 is 25.7 Å². The Morgan fingerprint density at radius 1 is 0.857 bits per heavy atom. The van der Waals surface area contributed by atoms with E-state index in [2.05, 4.69) is 0 Å². The molecule has 0 aliphatic heterocycles. The fourth-order valence-corrected chi connectivity index (χ4v) is 4.40. The number of nitrogen functional groups attached to an aromatic ring is 1. The molecule has 0 saturated heterocycles. The van der Waals surface area contributed by atoms with Gasteiger partial charge in [-0.1, -0.05) is 19.3 Å². The summed E-state index contributed by atoms with van der Waals surface area (Å²) in [6, 6.07) is 2.36. The van der Waals surface area contributed by atoms with Gasteiger partial charge in [-0.2, -0.15) is 0 Å². The van der Waals surface area contributed by atoms with Gasteiger partial charge in [0.15, 0.2) is 0 Å². The zero-order valence-corrected chi connectivity index (χ0v) is 13.1. The largest absolute Gasteiger partial charge is 0.398 e. The second-order valence-corrected chi connectivity index (χ2v) is 8.41. The standard InChI is InChI=1S/C12H19N3O4S2/c13-10-6-9(8-4-2-1-3-5-8)11(20(14,16)17)7-12(10)21(15,18)19/h6-8H,1-5,13H2,(H2,14,16,17)(H2,15,18,19). The van der Waals surface area contributed by atoms with Gasteiger partial charge in [0, 0.05) is 0 Å². The van der Waals surface area contributed by atoms with Gasteiger partial charge in [0.25, 0.3) is 0 Å². The Kier molecular flexibility index (Phi) is 4.29. The van der Waals surface area contributed by atoms with Gasteiger partial charge in [-0.05, 0) is 36.5 Å². The summed E-state index contributed by atoms with van der Waals surface area (Å²) in [6.07, 6.45) is 4.75. The van der Waals surface area contributed by atoms with Crippen LogP contribution in [0.4, 0.5) is 5.69 Å². The summed E-state index contributed by atoms with van der Waals surface area (Å²) in [5, 5.41) is 10.3. The van der Waals surface area contributed by atoms with Gasteiger partial charge < -0.3 is 5.73 Å². The van der Waals surface area contributed by atoms with E-state index in [1.807, 2.05) is 0 Å². The average molecular weight is 333 g/mol. The molecule has 1 aliphatic rings. The van der Waals surface area contributed by atoms with E-state index in [0.29, 0.717) is 5.56 Å². The first-order valence-electron chi connectivity index (χ1n) is 6.59. The zero-order chi connectivity index (χ0) is 15.8. The number of anilines is 1. The van der Waals surface area contributed by atoms with Gasteiger partial charge in [-0.25, -0.2) is 27.1 Å². The molecular weight excluding hydrogens is 314 g/mol. The lowest BCUT2D eigenvalue weighted by atomic mass is 9.84. The van der Waals surface area contributed by atoms with Crippen molar-refractivity contribution in [3.63, 3.8) is 0 Å². The van der Waals surface area contributed by atoms with E-state index >= 15 is 0 Å². The van der Waals surface area contributed by atoms with Crippen LogP contribution in [0.15, 0.2) is 21.9 Å². The van der Waals surface area contributed by atoms with Crippen molar-refractivity contribution < 1.29 is 16.8 Å². The molecule has 0 atom stereocenters. The lowest BCUT2D eigenvalue weighted by molar-refractivity contribution is 0.438. The first-order valence-corrected chi connectivity index (χ1v) is 9.69. The number of rotatable bonds is 3. The van der Waals surface area contributed by atoms with Gasteiger partial charge in [0.1, 0.15) is 4.90 Å². The Balaban J connectivity index is 2.67. The van der Waals surface area contributed by atoms with Crippen LogP contribution in [0.1, 0.15) is 43.6 Å².